The molecule has 1 unspecified atom stereocenters. The van der Waals surface area contributed by atoms with E-state index in [4.69, 9.17) is 23.2 Å². The predicted molar refractivity (Wildman–Crippen MR) is 120 cm³/mol. The number of hydrogen-bond acceptors (Lipinski definition) is 2. The summed E-state index contributed by atoms with van der Waals surface area (Å²) in [6, 6.07) is 26.2. The molecule has 3 aromatic carbocycles. The van der Waals surface area contributed by atoms with Crippen molar-refractivity contribution in [3.05, 3.63) is 106 Å². The van der Waals surface area contributed by atoms with Crippen molar-refractivity contribution in [2.45, 2.75) is 18.9 Å². The Morgan fingerprint density at radius 2 is 1.38 bits per heavy atom. The highest BCUT2D eigenvalue weighted by molar-refractivity contribution is 6.30. The van der Waals surface area contributed by atoms with Crippen LogP contribution in [0, 0.1) is 5.92 Å². The zero-order valence-corrected chi connectivity index (χ0v) is 17.6. The highest BCUT2D eigenvalue weighted by Gasteiger charge is 2.35. The molecular formula is C25H23Cl2NO. The van der Waals surface area contributed by atoms with Crippen LogP contribution in [0.2, 0.25) is 10.0 Å². The molecule has 0 radical (unpaired) electrons. The molecule has 1 heterocycles. The van der Waals surface area contributed by atoms with Gasteiger partial charge in [0, 0.05) is 47.9 Å². The summed E-state index contributed by atoms with van der Waals surface area (Å²) in [6.45, 7) is 2.40. The molecule has 4 rings (SSSR count). The van der Waals surface area contributed by atoms with E-state index < -0.39 is 0 Å². The fourth-order valence-electron chi connectivity index (χ4n) is 4.20. The Bertz CT molecular complexity index is 909. The number of benzene rings is 3. The number of rotatable bonds is 5. The summed E-state index contributed by atoms with van der Waals surface area (Å²) in [6.07, 6.45) is 0.579. The second-order valence-corrected chi connectivity index (χ2v) is 8.50. The van der Waals surface area contributed by atoms with Gasteiger partial charge >= 0.3 is 0 Å². The van der Waals surface area contributed by atoms with E-state index in [0.717, 1.165) is 30.8 Å². The Balaban J connectivity index is 1.65. The second-order valence-electron chi connectivity index (χ2n) is 7.62. The molecule has 0 bridgehead atoms. The minimum absolute atomic E-state index is 0.0180. The van der Waals surface area contributed by atoms with Crippen LogP contribution in [-0.2, 0) is 11.3 Å². The first-order valence-corrected chi connectivity index (χ1v) is 10.7. The number of carbonyl (C=O) groups is 1. The number of Topliss-reactive ketones (excluding diaryl/α,β-unsaturated/α-hetero) is 1. The minimum Gasteiger partial charge on any atom is -0.299 e. The number of ketones is 1. The average molecular weight is 424 g/mol. The Kier molecular flexibility index (Phi) is 6.34. The highest BCUT2D eigenvalue weighted by atomic mass is 35.5. The van der Waals surface area contributed by atoms with Crippen molar-refractivity contribution in [1.29, 1.82) is 0 Å². The molecule has 1 saturated heterocycles. The van der Waals surface area contributed by atoms with Gasteiger partial charge in [-0.25, -0.2) is 0 Å². The standard InChI is InChI=1S/C25H23Cl2NO/c26-21-10-6-19(7-11-21)25(20-8-12-22(27)13-9-20)23-17-28(15-14-24(23)29)16-18-4-2-1-3-5-18/h1-13,23,25H,14-17H2. The van der Waals surface area contributed by atoms with E-state index >= 15 is 0 Å². The van der Waals surface area contributed by atoms with Crippen molar-refractivity contribution in [2.24, 2.45) is 5.92 Å². The summed E-state index contributed by atoms with van der Waals surface area (Å²) in [5.74, 6) is 0.203. The number of nitrogens with zero attached hydrogens (tertiary/aromatic N) is 1. The lowest BCUT2D eigenvalue weighted by atomic mass is 9.76. The first-order valence-electron chi connectivity index (χ1n) is 9.90. The number of halogens is 2. The maximum Gasteiger partial charge on any atom is 0.139 e. The molecule has 4 heteroatoms. The van der Waals surface area contributed by atoms with Crippen molar-refractivity contribution in [1.82, 2.24) is 4.90 Å². The van der Waals surface area contributed by atoms with Gasteiger partial charge < -0.3 is 0 Å². The summed E-state index contributed by atoms with van der Waals surface area (Å²) in [4.78, 5) is 15.4. The third kappa shape index (κ3) is 4.90. The topological polar surface area (TPSA) is 20.3 Å². The Labute approximate surface area is 182 Å². The Hall–Kier alpha value is -2.13. The van der Waals surface area contributed by atoms with Crippen LogP contribution in [0.15, 0.2) is 78.9 Å². The number of piperidine rings is 1. The zero-order chi connectivity index (χ0) is 20.2. The van der Waals surface area contributed by atoms with Crippen molar-refractivity contribution < 1.29 is 4.79 Å². The zero-order valence-electron chi connectivity index (χ0n) is 16.1. The molecule has 29 heavy (non-hydrogen) atoms. The first-order chi connectivity index (χ1) is 14.1. The van der Waals surface area contributed by atoms with Crippen LogP contribution >= 0.6 is 23.2 Å². The van der Waals surface area contributed by atoms with Gasteiger partial charge in [0.05, 0.1) is 0 Å². The number of carbonyl (C=O) groups excluding carboxylic acids is 1. The number of likely N-dealkylation sites (tertiary alicyclic amines) is 1. The van der Waals surface area contributed by atoms with E-state index in [0.29, 0.717) is 22.2 Å². The van der Waals surface area contributed by atoms with Gasteiger partial charge in [-0.15, -0.1) is 0 Å². The van der Waals surface area contributed by atoms with Gasteiger partial charge in [-0.1, -0.05) is 77.8 Å². The second kappa shape index (κ2) is 9.13. The highest BCUT2D eigenvalue weighted by Crippen LogP contribution is 2.37. The first kappa shape index (κ1) is 20.2. The van der Waals surface area contributed by atoms with E-state index in [2.05, 4.69) is 29.2 Å². The largest absolute Gasteiger partial charge is 0.299 e. The van der Waals surface area contributed by atoms with Crippen molar-refractivity contribution in [3.63, 3.8) is 0 Å². The van der Waals surface area contributed by atoms with Gasteiger partial charge in [0.25, 0.3) is 0 Å². The fraction of sp³-hybridized carbons (Fsp3) is 0.240. The van der Waals surface area contributed by atoms with Crippen molar-refractivity contribution in [2.75, 3.05) is 13.1 Å². The molecule has 148 valence electrons. The van der Waals surface area contributed by atoms with Crippen LogP contribution in [0.4, 0.5) is 0 Å². The van der Waals surface area contributed by atoms with Crippen LogP contribution in [0.5, 0.6) is 0 Å². The minimum atomic E-state index is -0.102. The molecule has 1 fully saturated rings. The van der Waals surface area contributed by atoms with Gasteiger partial charge in [-0.05, 0) is 41.0 Å². The van der Waals surface area contributed by atoms with Crippen LogP contribution in [-0.4, -0.2) is 23.8 Å². The molecular weight excluding hydrogens is 401 g/mol. The monoisotopic (exact) mass is 423 g/mol. The molecule has 0 saturated carbocycles. The molecule has 1 atom stereocenters. The summed E-state index contributed by atoms with van der Waals surface area (Å²) < 4.78 is 0. The molecule has 0 aromatic heterocycles. The lowest BCUT2D eigenvalue weighted by Gasteiger charge is -2.36. The maximum absolute atomic E-state index is 13.0. The lowest BCUT2D eigenvalue weighted by Crippen LogP contribution is -2.43. The van der Waals surface area contributed by atoms with E-state index in [9.17, 15) is 4.79 Å². The Morgan fingerprint density at radius 3 is 1.93 bits per heavy atom. The van der Waals surface area contributed by atoms with Crippen LogP contribution < -0.4 is 0 Å². The normalized spacial score (nSPS) is 17.6. The quantitative estimate of drug-likeness (QED) is 0.485. The third-order valence-electron chi connectivity index (χ3n) is 5.65. The Morgan fingerprint density at radius 1 is 0.828 bits per heavy atom. The summed E-state index contributed by atoms with van der Waals surface area (Å²) in [5.41, 5.74) is 3.49. The lowest BCUT2D eigenvalue weighted by molar-refractivity contribution is -0.126. The van der Waals surface area contributed by atoms with E-state index in [1.54, 1.807) is 0 Å². The van der Waals surface area contributed by atoms with Gasteiger partial charge in [-0.3, -0.25) is 9.69 Å². The smallest absolute Gasteiger partial charge is 0.139 e. The predicted octanol–water partition coefficient (Wildman–Crippen LogP) is 6.22. The van der Waals surface area contributed by atoms with Crippen molar-refractivity contribution in [3.8, 4) is 0 Å². The van der Waals surface area contributed by atoms with Crippen molar-refractivity contribution >= 4 is 29.0 Å². The summed E-state index contributed by atoms with van der Waals surface area (Å²) in [7, 11) is 0. The molecule has 0 aliphatic carbocycles. The molecule has 1 aliphatic rings. The van der Waals surface area contributed by atoms with Crippen LogP contribution in [0.3, 0.4) is 0 Å². The van der Waals surface area contributed by atoms with Gasteiger partial charge in [0.15, 0.2) is 0 Å². The molecule has 0 N–H and O–H groups in total. The number of hydrogen-bond donors (Lipinski definition) is 0. The third-order valence-corrected chi connectivity index (χ3v) is 6.16. The average Bonchev–Trinajstić information content (AvgIpc) is 2.74. The van der Waals surface area contributed by atoms with Gasteiger partial charge in [0.2, 0.25) is 0 Å². The van der Waals surface area contributed by atoms with Gasteiger partial charge in [0.1, 0.15) is 5.78 Å². The summed E-state index contributed by atoms with van der Waals surface area (Å²) in [5, 5.41) is 1.40. The molecule has 3 aromatic rings. The molecule has 0 spiro atoms. The summed E-state index contributed by atoms with van der Waals surface area (Å²) >= 11 is 12.2. The van der Waals surface area contributed by atoms with Crippen LogP contribution in [0.25, 0.3) is 0 Å². The van der Waals surface area contributed by atoms with E-state index in [1.165, 1.54) is 5.56 Å². The van der Waals surface area contributed by atoms with Crippen LogP contribution in [0.1, 0.15) is 29.0 Å². The molecule has 0 amide bonds. The molecule has 2 nitrogen and oxygen atoms in total. The SMILES string of the molecule is O=C1CCN(Cc2ccccc2)CC1C(c1ccc(Cl)cc1)c1ccc(Cl)cc1. The molecule has 1 aliphatic heterocycles. The fourth-order valence-corrected chi connectivity index (χ4v) is 4.45. The maximum atomic E-state index is 13.0. The van der Waals surface area contributed by atoms with Gasteiger partial charge in [-0.2, -0.15) is 0 Å². The van der Waals surface area contributed by atoms with E-state index in [-0.39, 0.29) is 11.8 Å². The van der Waals surface area contributed by atoms with E-state index in [1.807, 2.05) is 54.6 Å².